The van der Waals surface area contributed by atoms with Gasteiger partial charge in [0.2, 0.25) is 12.3 Å². The maximum absolute atomic E-state index is 5.23. The summed E-state index contributed by atoms with van der Waals surface area (Å²) in [5.41, 5.74) is 3.11. The number of benzene rings is 1. The van der Waals surface area contributed by atoms with Crippen molar-refractivity contribution >= 4 is 17.0 Å². The predicted octanol–water partition coefficient (Wildman–Crippen LogP) is 3.67. The number of nitrogens with one attached hydrogen (secondary N) is 1. The molecule has 0 aliphatic heterocycles. The van der Waals surface area contributed by atoms with Gasteiger partial charge in [-0.15, -0.1) is 21.5 Å². The molecule has 0 fully saturated rings. The fourth-order valence-corrected chi connectivity index (χ4v) is 2.60. The van der Waals surface area contributed by atoms with Gasteiger partial charge in [-0.3, -0.25) is 0 Å². The lowest BCUT2D eigenvalue weighted by atomic mass is 10.1. The molecule has 3 aromatic rings. The largest absolute Gasteiger partial charge is 0.423 e. The molecular formula is C14H14N4OS. The number of anilines is 1. The Kier molecular flexibility index (Phi) is 3.47. The van der Waals surface area contributed by atoms with Crippen LogP contribution < -0.4 is 5.32 Å². The van der Waals surface area contributed by atoms with Crippen LogP contribution in [0.25, 0.3) is 11.5 Å². The van der Waals surface area contributed by atoms with E-state index < -0.39 is 0 Å². The van der Waals surface area contributed by atoms with Crippen molar-refractivity contribution in [1.29, 1.82) is 0 Å². The molecule has 1 unspecified atom stereocenters. The topological polar surface area (TPSA) is 63.8 Å². The Morgan fingerprint density at radius 1 is 1.35 bits per heavy atom. The third-order valence-electron chi connectivity index (χ3n) is 3.04. The molecule has 3 rings (SSSR count). The van der Waals surface area contributed by atoms with Gasteiger partial charge < -0.3 is 9.73 Å². The Morgan fingerprint density at radius 3 is 2.95 bits per heavy atom. The van der Waals surface area contributed by atoms with Crippen LogP contribution in [-0.4, -0.2) is 15.2 Å². The molecule has 0 bridgehead atoms. The smallest absolute Gasteiger partial charge is 0.247 e. The van der Waals surface area contributed by atoms with E-state index in [-0.39, 0.29) is 6.04 Å². The molecule has 1 N–H and O–H groups in total. The quantitative estimate of drug-likeness (QED) is 0.792. The summed E-state index contributed by atoms with van der Waals surface area (Å²) in [7, 11) is 0. The number of nitrogens with zero attached hydrogens (tertiary/aromatic N) is 3. The van der Waals surface area contributed by atoms with Crippen molar-refractivity contribution in [2.24, 2.45) is 0 Å². The van der Waals surface area contributed by atoms with E-state index in [2.05, 4.69) is 34.3 Å². The van der Waals surface area contributed by atoms with Crippen molar-refractivity contribution in [3.8, 4) is 11.5 Å². The summed E-state index contributed by atoms with van der Waals surface area (Å²) in [6.07, 6.45) is 3.15. The highest BCUT2D eigenvalue weighted by molar-refractivity contribution is 7.09. The summed E-state index contributed by atoms with van der Waals surface area (Å²) in [6.45, 7) is 4.16. The van der Waals surface area contributed by atoms with Crippen molar-refractivity contribution < 1.29 is 4.42 Å². The van der Waals surface area contributed by atoms with Crippen LogP contribution >= 0.6 is 11.3 Å². The number of hydrogen-bond donors (Lipinski definition) is 1. The van der Waals surface area contributed by atoms with E-state index in [1.165, 1.54) is 6.39 Å². The van der Waals surface area contributed by atoms with E-state index >= 15 is 0 Å². The first kappa shape index (κ1) is 12.8. The molecule has 0 saturated heterocycles. The second kappa shape index (κ2) is 5.42. The second-order valence-electron chi connectivity index (χ2n) is 4.51. The Bertz CT molecular complexity index is 679. The average Bonchev–Trinajstić information content (AvgIpc) is 3.14. The molecule has 0 saturated carbocycles. The molecule has 20 heavy (non-hydrogen) atoms. The summed E-state index contributed by atoms with van der Waals surface area (Å²) >= 11 is 1.64. The molecule has 2 heterocycles. The van der Waals surface area contributed by atoms with Crippen LogP contribution in [0.1, 0.15) is 23.5 Å². The van der Waals surface area contributed by atoms with Crippen LogP contribution in [0.15, 0.2) is 40.6 Å². The Hall–Kier alpha value is -2.21. The van der Waals surface area contributed by atoms with Gasteiger partial charge >= 0.3 is 0 Å². The van der Waals surface area contributed by atoms with Crippen molar-refractivity contribution in [3.63, 3.8) is 0 Å². The number of thiazole rings is 1. The third kappa shape index (κ3) is 2.55. The molecule has 2 aromatic heterocycles. The predicted molar refractivity (Wildman–Crippen MR) is 78.6 cm³/mol. The molecule has 0 amide bonds. The van der Waals surface area contributed by atoms with E-state index in [1.807, 2.05) is 29.8 Å². The number of rotatable bonds is 4. The highest BCUT2D eigenvalue weighted by atomic mass is 32.1. The maximum atomic E-state index is 5.23. The zero-order valence-electron chi connectivity index (χ0n) is 11.2. The molecule has 0 radical (unpaired) electrons. The number of hydrogen-bond acceptors (Lipinski definition) is 6. The van der Waals surface area contributed by atoms with Crippen LogP contribution in [0.2, 0.25) is 0 Å². The molecule has 1 aromatic carbocycles. The molecular weight excluding hydrogens is 272 g/mol. The van der Waals surface area contributed by atoms with Gasteiger partial charge in [-0.2, -0.15) is 0 Å². The highest BCUT2D eigenvalue weighted by Gasteiger charge is 2.11. The zero-order chi connectivity index (χ0) is 13.9. The zero-order valence-corrected chi connectivity index (χ0v) is 12.0. The van der Waals surface area contributed by atoms with Crippen LogP contribution in [0.5, 0.6) is 0 Å². The van der Waals surface area contributed by atoms with Gasteiger partial charge in [0.15, 0.2) is 0 Å². The fourth-order valence-electron chi connectivity index (χ4n) is 1.95. The highest BCUT2D eigenvalue weighted by Crippen LogP contribution is 2.27. The van der Waals surface area contributed by atoms with Gasteiger partial charge in [0.1, 0.15) is 5.01 Å². The van der Waals surface area contributed by atoms with Gasteiger partial charge in [-0.05, 0) is 31.5 Å². The third-order valence-corrected chi connectivity index (χ3v) is 4.00. The molecule has 0 aliphatic carbocycles. The maximum Gasteiger partial charge on any atom is 0.247 e. The van der Waals surface area contributed by atoms with E-state index in [4.69, 9.17) is 4.42 Å². The van der Waals surface area contributed by atoms with Gasteiger partial charge in [0.05, 0.1) is 6.04 Å². The van der Waals surface area contributed by atoms with Crippen LogP contribution in [0, 0.1) is 6.92 Å². The van der Waals surface area contributed by atoms with Crippen molar-refractivity contribution in [2.45, 2.75) is 19.9 Å². The molecule has 0 spiro atoms. The molecule has 102 valence electrons. The Balaban J connectivity index is 1.87. The Labute approximate surface area is 120 Å². The standard InChI is InChI=1S/C14H14N4OS/c1-9-3-4-11(13-18-16-8-19-13)7-12(9)17-10(2)14-15-5-6-20-14/h3-8,10,17H,1-2H3. The molecule has 1 atom stereocenters. The van der Waals surface area contributed by atoms with Gasteiger partial charge in [0, 0.05) is 22.8 Å². The summed E-state index contributed by atoms with van der Waals surface area (Å²) in [4.78, 5) is 4.33. The number of aryl methyl sites for hydroxylation is 1. The van der Waals surface area contributed by atoms with Gasteiger partial charge in [0.25, 0.3) is 0 Å². The van der Waals surface area contributed by atoms with E-state index in [1.54, 1.807) is 11.3 Å². The minimum Gasteiger partial charge on any atom is -0.423 e. The van der Waals surface area contributed by atoms with E-state index in [9.17, 15) is 0 Å². The lowest BCUT2D eigenvalue weighted by Crippen LogP contribution is -2.07. The summed E-state index contributed by atoms with van der Waals surface area (Å²) in [5, 5.41) is 14.2. The van der Waals surface area contributed by atoms with Gasteiger partial charge in [-0.25, -0.2) is 4.98 Å². The molecule has 0 aliphatic rings. The minimum atomic E-state index is 0.159. The SMILES string of the molecule is Cc1ccc(-c2nnco2)cc1NC(C)c1nccs1. The Morgan fingerprint density at radius 2 is 2.25 bits per heavy atom. The number of aromatic nitrogens is 3. The molecule has 5 nitrogen and oxygen atoms in total. The molecule has 6 heteroatoms. The monoisotopic (exact) mass is 286 g/mol. The summed E-state index contributed by atoms with van der Waals surface area (Å²) < 4.78 is 5.23. The van der Waals surface area contributed by atoms with Crippen LogP contribution in [0.3, 0.4) is 0 Å². The first-order valence-corrected chi connectivity index (χ1v) is 7.15. The first-order chi connectivity index (χ1) is 9.74. The van der Waals surface area contributed by atoms with Crippen LogP contribution in [-0.2, 0) is 0 Å². The van der Waals surface area contributed by atoms with Gasteiger partial charge in [-0.1, -0.05) is 6.07 Å². The normalized spacial score (nSPS) is 12.3. The summed E-state index contributed by atoms with van der Waals surface area (Å²) in [5.74, 6) is 0.523. The lowest BCUT2D eigenvalue weighted by Gasteiger charge is -2.15. The van der Waals surface area contributed by atoms with E-state index in [0.717, 1.165) is 21.8 Å². The van der Waals surface area contributed by atoms with E-state index in [0.29, 0.717) is 5.89 Å². The van der Waals surface area contributed by atoms with Crippen molar-refractivity contribution in [3.05, 3.63) is 46.7 Å². The average molecular weight is 286 g/mol. The lowest BCUT2D eigenvalue weighted by molar-refractivity contribution is 0.568. The van der Waals surface area contributed by atoms with Crippen molar-refractivity contribution in [1.82, 2.24) is 15.2 Å². The summed E-state index contributed by atoms with van der Waals surface area (Å²) in [6, 6.07) is 6.19. The minimum absolute atomic E-state index is 0.159. The van der Waals surface area contributed by atoms with Crippen LogP contribution in [0.4, 0.5) is 5.69 Å². The first-order valence-electron chi connectivity index (χ1n) is 6.27. The van der Waals surface area contributed by atoms with Crippen molar-refractivity contribution in [2.75, 3.05) is 5.32 Å². The fraction of sp³-hybridized carbons (Fsp3) is 0.214. The second-order valence-corrected chi connectivity index (χ2v) is 5.44.